The first kappa shape index (κ1) is 14.3. The highest BCUT2D eigenvalue weighted by atomic mass is 16.2. The van der Waals surface area contributed by atoms with Crippen LogP contribution in [0.3, 0.4) is 0 Å². The lowest BCUT2D eigenvalue weighted by molar-refractivity contribution is -0.130. The Hall–Kier alpha value is -2.62. The smallest absolute Gasteiger partial charge is 0.319 e. The summed E-state index contributed by atoms with van der Waals surface area (Å²) in [4.78, 5) is 26.2. The molecule has 3 rings (SSSR count). The number of imide groups is 1. The van der Waals surface area contributed by atoms with Crippen molar-refractivity contribution in [2.45, 2.75) is 19.4 Å². The summed E-state index contributed by atoms with van der Waals surface area (Å²) in [6.07, 6.45) is 0. The summed E-state index contributed by atoms with van der Waals surface area (Å²) in [6.45, 7) is 7.58. The molecule has 0 radical (unpaired) electrons. The summed E-state index contributed by atoms with van der Waals surface area (Å²) in [5, 5.41) is 4.85. The second-order valence-electron chi connectivity index (χ2n) is 5.93. The number of rotatable bonds is 3. The van der Waals surface area contributed by atoms with Crippen LogP contribution in [0.5, 0.6) is 0 Å². The molecule has 0 spiro atoms. The molecule has 1 aliphatic heterocycles. The quantitative estimate of drug-likeness (QED) is 0.698. The highest BCUT2D eigenvalue weighted by Crippen LogP contribution is 2.33. The van der Waals surface area contributed by atoms with E-state index in [1.54, 1.807) is 13.8 Å². The Morgan fingerprint density at radius 3 is 2.59 bits per heavy atom. The SMILES string of the molecule is C=C(C)CN1C(=O)N[C@@](C)(c2cccc3ccccc23)C1=O. The van der Waals surface area contributed by atoms with Gasteiger partial charge in [0.15, 0.2) is 0 Å². The first-order valence-corrected chi connectivity index (χ1v) is 7.20. The van der Waals surface area contributed by atoms with Crippen molar-refractivity contribution in [2.24, 2.45) is 0 Å². The van der Waals surface area contributed by atoms with Crippen LogP contribution in [-0.4, -0.2) is 23.4 Å². The van der Waals surface area contributed by atoms with Gasteiger partial charge in [-0.2, -0.15) is 0 Å². The van der Waals surface area contributed by atoms with Gasteiger partial charge in [0.25, 0.3) is 5.91 Å². The van der Waals surface area contributed by atoms with E-state index in [9.17, 15) is 9.59 Å². The average Bonchev–Trinajstić information content (AvgIpc) is 2.70. The molecule has 0 aromatic heterocycles. The third-order valence-electron chi connectivity index (χ3n) is 4.03. The number of benzene rings is 2. The molecule has 22 heavy (non-hydrogen) atoms. The van der Waals surface area contributed by atoms with Gasteiger partial charge in [0.1, 0.15) is 5.54 Å². The minimum absolute atomic E-state index is 0.239. The van der Waals surface area contributed by atoms with Gasteiger partial charge in [-0.05, 0) is 30.2 Å². The molecular formula is C18H18N2O2. The van der Waals surface area contributed by atoms with E-state index in [4.69, 9.17) is 0 Å². The van der Waals surface area contributed by atoms with E-state index in [1.165, 1.54) is 4.90 Å². The number of nitrogens with one attached hydrogen (secondary N) is 1. The number of amides is 3. The zero-order valence-corrected chi connectivity index (χ0v) is 12.7. The summed E-state index contributed by atoms with van der Waals surface area (Å²) < 4.78 is 0. The third-order valence-corrected chi connectivity index (χ3v) is 4.03. The fourth-order valence-electron chi connectivity index (χ4n) is 2.95. The van der Waals surface area contributed by atoms with Crippen LogP contribution < -0.4 is 5.32 Å². The van der Waals surface area contributed by atoms with Crippen LogP contribution in [0.4, 0.5) is 4.79 Å². The zero-order chi connectivity index (χ0) is 15.9. The number of fused-ring (bicyclic) bond motifs is 1. The summed E-state index contributed by atoms with van der Waals surface area (Å²) in [5.41, 5.74) is 0.534. The number of urea groups is 1. The van der Waals surface area contributed by atoms with Gasteiger partial charge < -0.3 is 5.32 Å². The number of carbonyl (C=O) groups excluding carboxylic acids is 2. The lowest BCUT2D eigenvalue weighted by Gasteiger charge is -2.24. The molecular weight excluding hydrogens is 276 g/mol. The van der Waals surface area contributed by atoms with E-state index >= 15 is 0 Å². The Bertz CT molecular complexity index is 791. The van der Waals surface area contributed by atoms with Gasteiger partial charge in [0.2, 0.25) is 0 Å². The number of hydrogen-bond donors (Lipinski definition) is 1. The van der Waals surface area contributed by atoms with E-state index in [0.29, 0.717) is 0 Å². The molecule has 0 saturated carbocycles. The predicted octanol–water partition coefficient (Wildman–Crippen LogP) is 3.18. The molecule has 0 unspecified atom stereocenters. The van der Waals surface area contributed by atoms with Crippen molar-refractivity contribution in [3.05, 3.63) is 60.2 Å². The maximum Gasteiger partial charge on any atom is 0.325 e. The Balaban J connectivity index is 2.12. The molecule has 1 saturated heterocycles. The van der Waals surface area contributed by atoms with Crippen molar-refractivity contribution >= 4 is 22.7 Å². The van der Waals surface area contributed by atoms with Crippen molar-refractivity contribution in [3.63, 3.8) is 0 Å². The van der Waals surface area contributed by atoms with Gasteiger partial charge in [0.05, 0.1) is 6.54 Å². The molecule has 2 aromatic rings. The van der Waals surface area contributed by atoms with E-state index < -0.39 is 5.54 Å². The predicted molar refractivity (Wildman–Crippen MR) is 86.4 cm³/mol. The fraction of sp³-hybridized carbons (Fsp3) is 0.222. The zero-order valence-electron chi connectivity index (χ0n) is 12.7. The van der Waals surface area contributed by atoms with Gasteiger partial charge in [-0.1, -0.05) is 54.6 Å². The van der Waals surface area contributed by atoms with Gasteiger partial charge >= 0.3 is 6.03 Å². The molecule has 1 fully saturated rings. The number of hydrogen-bond acceptors (Lipinski definition) is 2. The van der Waals surface area contributed by atoms with E-state index in [1.807, 2.05) is 42.5 Å². The Kier molecular flexibility index (Phi) is 3.24. The average molecular weight is 294 g/mol. The number of carbonyl (C=O) groups is 2. The Morgan fingerprint density at radius 2 is 1.86 bits per heavy atom. The van der Waals surface area contributed by atoms with Crippen LogP contribution in [-0.2, 0) is 10.3 Å². The van der Waals surface area contributed by atoms with E-state index in [-0.39, 0.29) is 18.5 Å². The molecule has 1 heterocycles. The van der Waals surface area contributed by atoms with E-state index in [2.05, 4.69) is 11.9 Å². The summed E-state index contributed by atoms with van der Waals surface area (Å²) in [6, 6.07) is 13.3. The monoisotopic (exact) mass is 294 g/mol. The van der Waals surface area contributed by atoms with Crippen LogP contribution in [0.25, 0.3) is 10.8 Å². The maximum absolute atomic E-state index is 12.8. The van der Waals surface area contributed by atoms with Crippen molar-refractivity contribution in [1.82, 2.24) is 10.2 Å². The van der Waals surface area contributed by atoms with E-state index in [0.717, 1.165) is 21.9 Å². The van der Waals surface area contributed by atoms with Gasteiger partial charge in [0, 0.05) is 0 Å². The minimum Gasteiger partial charge on any atom is -0.319 e. The van der Waals surface area contributed by atoms with Gasteiger partial charge in [-0.3, -0.25) is 9.69 Å². The van der Waals surface area contributed by atoms with Crippen LogP contribution in [0.2, 0.25) is 0 Å². The Morgan fingerprint density at radius 1 is 1.18 bits per heavy atom. The molecule has 2 aromatic carbocycles. The molecule has 1 atom stereocenters. The van der Waals surface area contributed by atoms with Crippen molar-refractivity contribution < 1.29 is 9.59 Å². The maximum atomic E-state index is 12.8. The van der Waals surface area contributed by atoms with Crippen LogP contribution in [0.15, 0.2) is 54.6 Å². The summed E-state index contributed by atoms with van der Waals surface area (Å²) in [5.74, 6) is -0.239. The van der Waals surface area contributed by atoms with Crippen LogP contribution >= 0.6 is 0 Å². The first-order valence-electron chi connectivity index (χ1n) is 7.20. The first-order chi connectivity index (χ1) is 10.4. The van der Waals surface area contributed by atoms with Crippen LogP contribution in [0, 0.1) is 0 Å². The van der Waals surface area contributed by atoms with Crippen molar-refractivity contribution in [3.8, 4) is 0 Å². The molecule has 112 valence electrons. The topological polar surface area (TPSA) is 49.4 Å². The summed E-state index contributed by atoms with van der Waals surface area (Å²) in [7, 11) is 0. The normalized spacial score (nSPS) is 21.3. The fourth-order valence-corrected chi connectivity index (χ4v) is 2.95. The van der Waals surface area contributed by atoms with Crippen molar-refractivity contribution in [2.75, 3.05) is 6.54 Å². The second kappa shape index (κ2) is 4.98. The van der Waals surface area contributed by atoms with Gasteiger partial charge in [-0.15, -0.1) is 0 Å². The summed E-state index contributed by atoms with van der Waals surface area (Å²) >= 11 is 0. The molecule has 0 aliphatic carbocycles. The molecule has 4 nitrogen and oxygen atoms in total. The second-order valence-corrected chi connectivity index (χ2v) is 5.93. The third kappa shape index (κ3) is 2.08. The van der Waals surface area contributed by atoms with Gasteiger partial charge in [-0.25, -0.2) is 4.79 Å². The number of nitrogens with zero attached hydrogens (tertiary/aromatic N) is 1. The van der Waals surface area contributed by atoms with Crippen molar-refractivity contribution in [1.29, 1.82) is 0 Å². The molecule has 1 N–H and O–H groups in total. The molecule has 3 amide bonds. The highest BCUT2D eigenvalue weighted by molar-refractivity contribution is 6.09. The molecule has 1 aliphatic rings. The lowest BCUT2D eigenvalue weighted by atomic mass is 9.88. The lowest BCUT2D eigenvalue weighted by Crippen LogP contribution is -2.41. The molecule has 0 bridgehead atoms. The highest BCUT2D eigenvalue weighted by Gasteiger charge is 2.49. The molecule has 4 heteroatoms. The largest absolute Gasteiger partial charge is 0.325 e. The minimum atomic E-state index is -1.05. The standard InChI is InChI=1S/C18H18N2O2/c1-12(2)11-20-16(21)18(3,19-17(20)22)15-10-6-8-13-7-4-5-9-14(13)15/h4-10H,1,11H2,2-3H3,(H,19,22)/t18-/m0/s1. The van der Waals surface area contributed by atoms with Crippen LogP contribution in [0.1, 0.15) is 19.4 Å². The Labute approximate surface area is 129 Å².